The van der Waals surface area contributed by atoms with Crippen molar-refractivity contribution in [3.05, 3.63) is 94.1 Å². The van der Waals surface area contributed by atoms with E-state index in [1.54, 1.807) is 24.3 Å². The summed E-state index contributed by atoms with van der Waals surface area (Å²) in [5.41, 5.74) is 6.04. The summed E-state index contributed by atoms with van der Waals surface area (Å²) in [4.78, 5) is 16.2. The highest BCUT2D eigenvalue weighted by Crippen LogP contribution is 2.44. The molecule has 1 aromatic heterocycles. The zero-order valence-corrected chi connectivity index (χ0v) is 24.1. The molecule has 0 saturated heterocycles. The fraction of sp³-hybridized carbons (Fsp3) is 0.364. The van der Waals surface area contributed by atoms with Crippen LogP contribution >= 0.6 is 11.6 Å². The monoisotopic (exact) mass is 572 g/mol. The van der Waals surface area contributed by atoms with Gasteiger partial charge in [-0.1, -0.05) is 36.9 Å². The normalized spacial score (nSPS) is 19.5. The maximum Gasteiger partial charge on any atom is 0.254 e. The molecule has 1 atom stereocenters. The van der Waals surface area contributed by atoms with E-state index in [0.29, 0.717) is 23.0 Å². The number of carbonyl (C=O) groups excluding carboxylic acids is 1. The van der Waals surface area contributed by atoms with Crippen molar-refractivity contribution in [3.63, 3.8) is 0 Å². The second-order valence-corrected chi connectivity index (χ2v) is 13.9. The first kappa shape index (κ1) is 25.8. The van der Waals surface area contributed by atoms with Crippen molar-refractivity contribution in [3.8, 4) is 0 Å². The first-order valence-corrected chi connectivity index (χ1v) is 16.3. The second-order valence-electron chi connectivity index (χ2n) is 11.5. The molecule has 1 saturated carbocycles. The van der Waals surface area contributed by atoms with Gasteiger partial charge in [0.2, 0.25) is 9.84 Å². The molecule has 1 fully saturated rings. The van der Waals surface area contributed by atoms with Crippen LogP contribution in [0.3, 0.4) is 0 Å². The third-order valence-corrected chi connectivity index (χ3v) is 11.3. The number of fused-ring (bicyclic) bond motifs is 3. The van der Waals surface area contributed by atoms with Crippen LogP contribution in [0.15, 0.2) is 76.5 Å². The number of rotatable bonds is 4. The van der Waals surface area contributed by atoms with Gasteiger partial charge in [0.1, 0.15) is 0 Å². The molecule has 0 spiro atoms. The van der Waals surface area contributed by atoms with Crippen molar-refractivity contribution in [2.75, 3.05) is 6.54 Å². The van der Waals surface area contributed by atoms with E-state index >= 15 is 0 Å². The standard InChI is InChI=1S/C33H33ClN2O3S/c34-25-12-16-27(17-13-25)40(38,39)26-14-9-23(10-15-26)33(37)36-20-19-35-30-18-11-24(22-5-2-1-3-6-22)21-29(30)28-7-4-8-31(36)32(28)35/h9-18,21-22,31H,1-8,19-20H2. The van der Waals surface area contributed by atoms with Gasteiger partial charge in [-0.2, -0.15) is 0 Å². The van der Waals surface area contributed by atoms with E-state index in [1.807, 2.05) is 4.90 Å². The summed E-state index contributed by atoms with van der Waals surface area (Å²) in [6.45, 7) is 1.43. The summed E-state index contributed by atoms with van der Waals surface area (Å²) in [5.74, 6) is 0.638. The molecule has 206 valence electrons. The Morgan fingerprint density at radius 2 is 1.50 bits per heavy atom. The van der Waals surface area contributed by atoms with Crippen LogP contribution in [-0.4, -0.2) is 30.3 Å². The quantitative estimate of drug-likeness (QED) is 0.252. The zero-order valence-electron chi connectivity index (χ0n) is 22.5. The molecule has 1 unspecified atom stereocenters. The average molecular weight is 573 g/mol. The van der Waals surface area contributed by atoms with Gasteiger partial charge in [-0.05, 0) is 110 Å². The molecule has 0 N–H and O–H groups in total. The molecule has 0 bridgehead atoms. The minimum Gasteiger partial charge on any atom is -0.341 e. The maximum atomic E-state index is 13.8. The van der Waals surface area contributed by atoms with Crippen LogP contribution in [0.4, 0.5) is 0 Å². The highest BCUT2D eigenvalue weighted by molar-refractivity contribution is 7.91. The van der Waals surface area contributed by atoms with Crippen LogP contribution in [0, 0.1) is 0 Å². The molecule has 1 amide bonds. The fourth-order valence-corrected chi connectivity index (χ4v) is 8.63. The van der Waals surface area contributed by atoms with E-state index in [2.05, 4.69) is 22.8 Å². The highest BCUT2D eigenvalue weighted by Gasteiger charge is 2.37. The van der Waals surface area contributed by atoms with Crippen LogP contribution in [0.5, 0.6) is 0 Å². The Labute approximate surface area is 240 Å². The largest absolute Gasteiger partial charge is 0.341 e. The Bertz CT molecular complexity index is 1700. The minimum absolute atomic E-state index is 0.0345. The van der Waals surface area contributed by atoms with Gasteiger partial charge in [0.05, 0.1) is 15.8 Å². The molecule has 40 heavy (non-hydrogen) atoms. The lowest BCUT2D eigenvalue weighted by atomic mass is 9.83. The second kappa shape index (κ2) is 10.1. The van der Waals surface area contributed by atoms with Gasteiger partial charge in [-0.3, -0.25) is 4.79 Å². The molecule has 3 aliphatic rings. The Hall–Kier alpha value is -3.09. The van der Waals surface area contributed by atoms with Gasteiger partial charge >= 0.3 is 0 Å². The minimum atomic E-state index is -3.69. The van der Waals surface area contributed by atoms with Gasteiger partial charge in [-0.15, -0.1) is 0 Å². The van der Waals surface area contributed by atoms with E-state index < -0.39 is 9.84 Å². The molecular formula is C33H33ClN2O3S. The predicted molar refractivity (Wildman–Crippen MR) is 158 cm³/mol. The van der Waals surface area contributed by atoms with Gasteiger partial charge in [-0.25, -0.2) is 8.42 Å². The maximum absolute atomic E-state index is 13.8. The third-order valence-electron chi connectivity index (χ3n) is 9.27. The molecule has 0 radical (unpaired) electrons. The topological polar surface area (TPSA) is 59.4 Å². The Morgan fingerprint density at radius 3 is 2.23 bits per heavy atom. The molecule has 3 aromatic carbocycles. The number of nitrogens with zero attached hydrogens (tertiary/aromatic N) is 2. The Kier molecular flexibility index (Phi) is 6.51. The van der Waals surface area contributed by atoms with Gasteiger partial charge in [0.25, 0.3) is 5.91 Å². The van der Waals surface area contributed by atoms with Crippen molar-refractivity contribution in [1.82, 2.24) is 9.47 Å². The summed E-state index contributed by atoms with van der Waals surface area (Å²) in [6, 6.07) is 19.7. The molecule has 2 aliphatic carbocycles. The number of sulfone groups is 1. The molecule has 5 nitrogen and oxygen atoms in total. The average Bonchev–Trinajstić information content (AvgIpc) is 3.32. The summed E-state index contributed by atoms with van der Waals surface area (Å²) >= 11 is 5.93. The van der Waals surface area contributed by atoms with Crippen LogP contribution in [-0.2, 0) is 22.8 Å². The van der Waals surface area contributed by atoms with Gasteiger partial charge < -0.3 is 9.47 Å². The lowest BCUT2D eigenvalue weighted by molar-refractivity contribution is 0.0601. The lowest BCUT2D eigenvalue weighted by Crippen LogP contribution is -2.43. The molecule has 2 heterocycles. The van der Waals surface area contributed by atoms with Gasteiger partial charge in [0, 0.05) is 40.3 Å². The summed E-state index contributed by atoms with van der Waals surface area (Å²) < 4.78 is 28.6. The van der Waals surface area contributed by atoms with E-state index in [0.717, 1.165) is 25.8 Å². The van der Waals surface area contributed by atoms with Crippen LogP contribution in [0.25, 0.3) is 10.9 Å². The number of hydrogen-bond acceptors (Lipinski definition) is 3. The van der Waals surface area contributed by atoms with Crippen molar-refractivity contribution in [2.24, 2.45) is 0 Å². The number of hydrogen-bond donors (Lipinski definition) is 0. The summed E-state index contributed by atoms with van der Waals surface area (Å²) in [7, 11) is -3.69. The van der Waals surface area contributed by atoms with Crippen LogP contribution in [0.1, 0.15) is 84.1 Å². The lowest BCUT2D eigenvalue weighted by Gasteiger charge is -2.40. The molecule has 1 aliphatic heterocycles. The van der Waals surface area contributed by atoms with Crippen molar-refractivity contribution < 1.29 is 13.2 Å². The number of aryl methyl sites for hydroxylation is 1. The smallest absolute Gasteiger partial charge is 0.254 e. The number of benzene rings is 3. The Balaban J connectivity index is 1.18. The summed E-state index contributed by atoms with van der Waals surface area (Å²) in [6.07, 6.45) is 9.67. The van der Waals surface area contributed by atoms with E-state index in [4.69, 9.17) is 11.6 Å². The SMILES string of the molecule is O=C(c1ccc(S(=O)(=O)c2ccc(Cl)cc2)cc1)N1CCn2c3c(c4cc(C5CCCCC5)ccc42)CCCC31. The van der Waals surface area contributed by atoms with Crippen LogP contribution < -0.4 is 0 Å². The predicted octanol–water partition coefficient (Wildman–Crippen LogP) is 7.71. The molecular weight excluding hydrogens is 540 g/mol. The van der Waals surface area contributed by atoms with Crippen molar-refractivity contribution >= 4 is 38.2 Å². The first-order chi connectivity index (χ1) is 19.4. The summed E-state index contributed by atoms with van der Waals surface area (Å²) in [5, 5.41) is 1.87. The van der Waals surface area contributed by atoms with Crippen molar-refractivity contribution in [1.29, 1.82) is 0 Å². The molecule has 7 rings (SSSR count). The number of aromatic nitrogens is 1. The molecule has 7 heteroatoms. The fourth-order valence-electron chi connectivity index (χ4n) is 7.25. The third kappa shape index (κ3) is 4.27. The number of amides is 1. The molecule has 4 aromatic rings. The highest BCUT2D eigenvalue weighted by atomic mass is 35.5. The Morgan fingerprint density at radius 1 is 0.800 bits per heavy atom. The number of carbonyl (C=O) groups is 1. The first-order valence-electron chi connectivity index (χ1n) is 14.5. The van der Waals surface area contributed by atoms with E-state index in [1.165, 1.54) is 84.1 Å². The number of halogens is 1. The van der Waals surface area contributed by atoms with E-state index in [-0.39, 0.29) is 21.7 Å². The van der Waals surface area contributed by atoms with Crippen LogP contribution in [0.2, 0.25) is 5.02 Å². The zero-order chi connectivity index (χ0) is 27.4. The van der Waals surface area contributed by atoms with Gasteiger partial charge in [0.15, 0.2) is 0 Å². The van der Waals surface area contributed by atoms with Crippen molar-refractivity contribution in [2.45, 2.75) is 79.7 Å². The van der Waals surface area contributed by atoms with E-state index in [9.17, 15) is 13.2 Å².